The molecule has 1 aliphatic heterocycles. The predicted molar refractivity (Wildman–Crippen MR) is 61.6 cm³/mol. The van der Waals surface area contributed by atoms with Crippen molar-refractivity contribution in [2.75, 3.05) is 20.3 Å². The Morgan fingerprint density at radius 2 is 1.89 bits per heavy atom. The second-order valence-corrected chi connectivity index (χ2v) is 4.23. The van der Waals surface area contributed by atoms with Crippen molar-refractivity contribution in [3.8, 4) is 0 Å². The Morgan fingerprint density at radius 1 is 1.28 bits per heavy atom. The van der Waals surface area contributed by atoms with Gasteiger partial charge in [0.15, 0.2) is 5.76 Å². The van der Waals surface area contributed by atoms with Crippen LogP contribution in [0.25, 0.3) is 0 Å². The Balaban J connectivity index is 2.07. The minimum Gasteiger partial charge on any atom is -0.475 e. The molecule has 0 bridgehead atoms. The summed E-state index contributed by atoms with van der Waals surface area (Å²) in [6.45, 7) is 1.28. The molecule has 0 aliphatic carbocycles. The summed E-state index contributed by atoms with van der Waals surface area (Å²) in [5.41, 5.74) is 0. The number of ether oxygens (including phenoxy) is 1. The molecule has 1 aromatic rings. The number of carbonyl (C=O) groups is 2. The quantitative estimate of drug-likeness (QED) is 0.876. The molecule has 98 valence electrons. The van der Waals surface area contributed by atoms with Crippen molar-refractivity contribution in [1.29, 1.82) is 0 Å². The van der Waals surface area contributed by atoms with E-state index in [1.807, 2.05) is 0 Å². The van der Waals surface area contributed by atoms with Gasteiger partial charge in [0, 0.05) is 26.3 Å². The Morgan fingerprint density at radius 3 is 2.44 bits per heavy atom. The lowest BCUT2D eigenvalue weighted by atomic mass is 10.1. The molecule has 1 saturated heterocycles. The summed E-state index contributed by atoms with van der Waals surface area (Å²) in [5.74, 6) is -1.64. The molecule has 1 amide bonds. The first kappa shape index (κ1) is 12.6. The lowest BCUT2D eigenvalue weighted by molar-refractivity contribution is 0.0343. The molecule has 6 nitrogen and oxygen atoms in total. The summed E-state index contributed by atoms with van der Waals surface area (Å²) < 4.78 is 10.2. The molecule has 0 radical (unpaired) electrons. The highest BCUT2D eigenvalue weighted by Crippen LogP contribution is 2.17. The van der Waals surface area contributed by atoms with Crippen molar-refractivity contribution in [2.45, 2.75) is 18.9 Å². The molecular formula is C12H15NO5. The lowest BCUT2D eigenvalue weighted by Crippen LogP contribution is -2.40. The third-order valence-electron chi connectivity index (χ3n) is 3.09. The number of nitrogens with zero attached hydrogens (tertiary/aromatic N) is 1. The van der Waals surface area contributed by atoms with Crippen LogP contribution in [-0.2, 0) is 4.74 Å². The van der Waals surface area contributed by atoms with Gasteiger partial charge >= 0.3 is 5.97 Å². The molecule has 1 fully saturated rings. The summed E-state index contributed by atoms with van der Waals surface area (Å²) in [7, 11) is 1.70. The van der Waals surface area contributed by atoms with Crippen LogP contribution in [0.1, 0.15) is 34.0 Å². The molecule has 2 rings (SSSR count). The van der Waals surface area contributed by atoms with Crippen molar-refractivity contribution in [3.63, 3.8) is 0 Å². The minimum absolute atomic E-state index is 0.0568. The second-order valence-electron chi connectivity index (χ2n) is 4.23. The van der Waals surface area contributed by atoms with Crippen molar-refractivity contribution in [3.05, 3.63) is 23.7 Å². The standard InChI is InChI=1S/C12H15NO5/c1-13(8-4-6-17-7-5-8)11(14)9-2-3-10(18-9)12(15)16/h2-3,8H,4-7H2,1H3,(H,15,16). The first-order chi connectivity index (χ1) is 8.59. The van der Waals surface area contributed by atoms with Gasteiger partial charge in [-0.15, -0.1) is 0 Å². The number of amides is 1. The SMILES string of the molecule is CN(C(=O)c1ccc(C(=O)O)o1)C1CCOCC1. The first-order valence-corrected chi connectivity index (χ1v) is 5.77. The Bertz CT molecular complexity index is 447. The number of carboxylic acid groups (broad SMARTS) is 1. The lowest BCUT2D eigenvalue weighted by Gasteiger charge is -2.30. The van der Waals surface area contributed by atoms with Gasteiger partial charge in [-0.05, 0) is 25.0 Å². The maximum absolute atomic E-state index is 12.1. The smallest absolute Gasteiger partial charge is 0.371 e. The highest BCUT2D eigenvalue weighted by atomic mass is 16.5. The number of hydrogen-bond acceptors (Lipinski definition) is 4. The van der Waals surface area contributed by atoms with Gasteiger partial charge in [0.25, 0.3) is 5.91 Å². The summed E-state index contributed by atoms with van der Waals surface area (Å²) in [5, 5.41) is 8.73. The predicted octanol–water partition coefficient (Wildman–Crippen LogP) is 1.23. The molecule has 1 N–H and O–H groups in total. The van der Waals surface area contributed by atoms with Gasteiger partial charge in [-0.25, -0.2) is 4.79 Å². The van der Waals surface area contributed by atoms with E-state index >= 15 is 0 Å². The summed E-state index contributed by atoms with van der Waals surface area (Å²) in [6.07, 6.45) is 1.57. The van der Waals surface area contributed by atoms with Crippen LogP contribution in [0.3, 0.4) is 0 Å². The molecule has 0 saturated carbocycles. The zero-order chi connectivity index (χ0) is 13.1. The van der Waals surface area contributed by atoms with Gasteiger partial charge < -0.3 is 19.2 Å². The first-order valence-electron chi connectivity index (χ1n) is 5.77. The van der Waals surface area contributed by atoms with E-state index in [1.165, 1.54) is 12.1 Å². The number of carbonyl (C=O) groups excluding carboxylic acids is 1. The van der Waals surface area contributed by atoms with E-state index in [4.69, 9.17) is 14.3 Å². The van der Waals surface area contributed by atoms with Crippen molar-refractivity contribution < 1.29 is 23.8 Å². The van der Waals surface area contributed by atoms with E-state index in [0.717, 1.165) is 12.8 Å². The number of aromatic carboxylic acids is 1. The van der Waals surface area contributed by atoms with Gasteiger partial charge in [-0.1, -0.05) is 0 Å². The maximum atomic E-state index is 12.1. The van der Waals surface area contributed by atoms with Crippen molar-refractivity contribution in [1.82, 2.24) is 4.90 Å². The van der Waals surface area contributed by atoms with Gasteiger partial charge in [0.1, 0.15) is 0 Å². The molecule has 1 aliphatic rings. The zero-order valence-electron chi connectivity index (χ0n) is 10.1. The van der Waals surface area contributed by atoms with Crippen LogP contribution >= 0.6 is 0 Å². The van der Waals surface area contributed by atoms with Gasteiger partial charge in [-0.2, -0.15) is 0 Å². The number of carboxylic acids is 1. The van der Waals surface area contributed by atoms with E-state index in [2.05, 4.69) is 0 Å². The Kier molecular flexibility index (Phi) is 3.66. The van der Waals surface area contributed by atoms with Crippen LogP contribution < -0.4 is 0 Å². The van der Waals surface area contributed by atoms with E-state index in [9.17, 15) is 9.59 Å². The van der Waals surface area contributed by atoms with Crippen LogP contribution in [0, 0.1) is 0 Å². The Hall–Kier alpha value is -1.82. The van der Waals surface area contributed by atoms with Crippen molar-refractivity contribution >= 4 is 11.9 Å². The van der Waals surface area contributed by atoms with Crippen LogP contribution in [0.15, 0.2) is 16.5 Å². The van der Waals surface area contributed by atoms with E-state index < -0.39 is 5.97 Å². The molecular weight excluding hydrogens is 238 g/mol. The van der Waals surface area contributed by atoms with Crippen LogP contribution in [0.2, 0.25) is 0 Å². The topological polar surface area (TPSA) is 80.0 Å². The fourth-order valence-electron chi connectivity index (χ4n) is 1.98. The highest BCUT2D eigenvalue weighted by molar-refractivity contribution is 5.93. The molecule has 1 aromatic heterocycles. The highest BCUT2D eigenvalue weighted by Gasteiger charge is 2.25. The van der Waals surface area contributed by atoms with E-state index in [-0.39, 0.29) is 23.5 Å². The molecule has 2 heterocycles. The van der Waals surface area contributed by atoms with Crippen LogP contribution in [-0.4, -0.2) is 48.2 Å². The van der Waals surface area contributed by atoms with Crippen LogP contribution in [0.4, 0.5) is 0 Å². The van der Waals surface area contributed by atoms with Gasteiger partial charge in [-0.3, -0.25) is 4.79 Å². The monoisotopic (exact) mass is 253 g/mol. The largest absolute Gasteiger partial charge is 0.475 e. The summed E-state index contributed by atoms with van der Waals surface area (Å²) in [4.78, 5) is 24.3. The third kappa shape index (κ3) is 2.53. The normalized spacial score (nSPS) is 16.5. The second kappa shape index (κ2) is 5.22. The fourth-order valence-corrected chi connectivity index (χ4v) is 1.98. The number of furan rings is 1. The van der Waals surface area contributed by atoms with E-state index in [1.54, 1.807) is 11.9 Å². The summed E-state index contributed by atoms with van der Waals surface area (Å²) in [6, 6.07) is 2.79. The third-order valence-corrected chi connectivity index (χ3v) is 3.09. The average molecular weight is 253 g/mol. The molecule has 0 aromatic carbocycles. The fraction of sp³-hybridized carbons (Fsp3) is 0.500. The Labute approximate surface area is 104 Å². The van der Waals surface area contributed by atoms with E-state index in [0.29, 0.717) is 13.2 Å². The zero-order valence-corrected chi connectivity index (χ0v) is 10.1. The van der Waals surface area contributed by atoms with Crippen molar-refractivity contribution in [2.24, 2.45) is 0 Å². The molecule has 0 atom stereocenters. The van der Waals surface area contributed by atoms with Crippen LogP contribution in [0.5, 0.6) is 0 Å². The van der Waals surface area contributed by atoms with Gasteiger partial charge in [0.05, 0.1) is 0 Å². The maximum Gasteiger partial charge on any atom is 0.371 e. The molecule has 0 unspecified atom stereocenters. The number of rotatable bonds is 3. The molecule has 18 heavy (non-hydrogen) atoms. The molecule has 6 heteroatoms. The average Bonchev–Trinajstić information content (AvgIpc) is 2.88. The molecule has 0 spiro atoms. The summed E-state index contributed by atoms with van der Waals surface area (Å²) >= 11 is 0. The van der Waals surface area contributed by atoms with Gasteiger partial charge in [0.2, 0.25) is 5.76 Å². The minimum atomic E-state index is -1.18. The number of hydrogen-bond donors (Lipinski definition) is 1.